The number of carboxylic acid groups (broad SMARTS) is 1. The molecule has 1 fully saturated rings. The predicted molar refractivity (Wildman–Crippen MR) is 141 cm³/mol. The summed E-state index contributed by atoms with van der Waals surface area (Å²) in [7, 11) is 4.01. The van der Waals surface area contributed by atoms with Gasteiger partial charge in [-0.25, -0.2) is 0 Å². The first-order chi connectivity index (χ1) is 16.9. The summed E-state index contributed by atoms with van der Waals surface area (Å²) < 4.78 is 0. The molecule has 188 valence electrons. The van der Waals surface area contributed by atoms with Gasteiger partial charge in [0, 0.05) is 25.5 Å². The Balaban J connectivity index is 1.51. The van der Waals surface area contributed by atoms with Gasteiger partial charge >= 0.3 is 5.97 Å². The third kappa shape index (κ3) is 6.43. The van der Waals surface area contributed by atoms with Crippen molar-refractivity contribution in [2.24, 2.45) is 5.92 Å². The molecule has 35 heavy (non-hydrogen) atoms. The Hall–Kier alpha value is -2.86. The number of carbonyl (C=O) groups excluding carboxylic acids is 1. The Kier molecular flexibility index (Phi) is 8.45. The van der Waals surface area contributed by atoms with Gasteiger partial charge in [0.2, 0.25) is 5.91 Å². The van der Waals surface area contributed by atoms with Crippen LogP contribution in [-0.4, -0.2) is 43.2 Å². The molecule has 1 aliphatic heterocycles. The number of hydrogen-bond acceptors (Lipinski definition) is 4. The maximum atomic E-state index is 13.8. The molecule has 6 heteroatoms. The van der Waals surface area contributed by atoms with Crippen LogP contribution in [0, 0.1) is 5.92 Å². The smallest absolute Gasteiger partial charge is 0.320 e. The molecule has 1 amide bonds. The van der Waals surface area contributed by atoms with E-state index in [2.05, 4.69) is 40.5 Å². The monoisotopic (exact) mass is 477 g/mol. The van der Waals surface area contributed by atoms with Gasteiger partial charge in [-0.3, -0.25) is 14.9 Å². The fourth-order valence-corrected chi connectivity index (χ4v) is 5.51. The highest BCUT2D eigenvalue weighted by atomic mass is 16.4. The molecule has 0 bridgehead atoms. The third-order valence-corrected chi connectivity index (χ3v) is 7.63. The summed E-state index contributed by atoms with van der Waals surface area (Å²) in [6.45, 7) is 0.460. The van der Waals surface area contributed by atoms with E-state index in [0.29, 0.717) is 25.3 Å². The van der Waals surface area contributed by atoms with E-state index in [0.717, 1.165) is 35.3 Å². The van der Waals surface area contributed by atoms with Gasteiger partial charge in [-0.05, 0) is 60.9 Å². The second-order valence-corrected chi connectivity index (χ2v) is 10.3. The molecule has 1 unspecified atom stereocenters. The molecular weight excluding hydrogens is 438 g/mol. The molecule has 6 nitrogen and oxygen atoms in total. The highest BCUT2D eigenvalue weighted by Gasteiger charge is 2.33. The van der Waals surface area contributed by atoms with E-state index >= 15 is 0 Å². The lowest BCUT2D eigenvalue weighted by molar-refractivity contribution is -0.140. The lowest BCUT2D eigenvalue weighted by Crippen LogP contribution is -2.51. The summed E-state index contributed by atoms with van der Waals surface area (Å²) >= 11 is 0. The van der Waals surface area contributed by atoms with E-state index in [1.807, 2.05) is 37.2 Å². The number of hydrogen-bond donors (Lipinski definition) is 2. The van der Waals surface area contributed by atoms with Crippen molar-refractivity contribution in [1.29, 1.82) is 0 Å². The topological polar surface area (TPSA) is 72.9 Å². The first kappa shape index (κ1) is 25.2. The summed E-state index contributed by atoms with van der Waals surface area (Å²) in [5.74, 6) is -0.292. The molecule has 1 aliphatic carbocycles. The molecule has 0 radical (unpaired) electrons. The molecule has 4 rings (SSSR count). The lowest BCUT2D eigenvalue weighted by Gasteiger charge is -2.29. The Labute approximate surface area is 209 Å². The summed E-state index contributed by atoms with van der Waals surface area (Å²) in [4.78, 5) is 29.8. The minimum absolute atomic E-state index is 0.0458. The molecule has 0 spiro atoms. The van der Waals surface area contributed by atoms with Gasteiger partial charge in [-0.2, -0.15) is 0 Å². The number of carbonyl (C=O) groups is 2. The summed E-state index contributed by atoms with van der Waals surface area (Å²) in [6.07, 6.45) is 9.01. The molecule has 2 aromatic rings. The Morgan fingerprint density at radius 1 is 1.06 bits per heavy atom. The van der Waals surface area contributed by atoms with Crippen molar-refractivity contribution in [3.63, 3.8) is 0 Å². The number of nitrogens with zero attached hydrogens (tertiary/aromatic N) is 2. The van der Waals surface area contributed by atoms with E-state index in [1.54, 1.807) is 0 Å². The number of para-hydroxylation sites is 1. The fraction of sp³-hybridized carbons (Fsp3) is 0.517. The predicted octanol–water partition coefficient (Wildman–Crippen LogP) is 5.00. The highest BCUT2D eigenvalue weighted by molar-refractivity contribution is 5.98. The molecule has 0 saturated heterocycles. The van der Waals surface area contributed by atoms with Crippen molar-refractivity contribution in [3.8, 4) is 0 Å². The largest absolute Gasteiger partial charge is 0.480 e. The first-order valence-electron chi connectivity index (χ1n) is 13.1. The normalized spacial score (nSPS) is 19.7. The zero-order chi connectivity index (χ0) is 24.8. The van der Waals surface area contributed by atoms with E-state index in [-0.39, 0.29) is 5.91 Å². The van der Waals surface area contributed by atoms with Gasteiger partial charge in [0.1, 0.15) is 6.04 Å². The number of rotatable bonds is 9. The van der Waals surface area contributed by atoms with Crippen molar-refractivity contribution in [2.45, 2.75) is 76.4 Å². The molecule has 1 heterocycles. The number of carboxylic acids is 1. The van der Waals surface area contributed by atoms with E-state index < -0.39 is 18.1 Å². The minimum Gasteiger partial charge on any atom is -0.480 e. The average molecular weight is 478 g/mol. The number of fused-ring (bicyclic) bond motifs is 1. The van der Waals surface area contributed by atoms with Gasteiger partial charge in [-0.1, -0.05) is 62.4 Å². The van der Waals surface area contributed by atoms with Gasteiger partial charge in [0.15, 0.2) is 0 Å². The molecule has 2 N–H and O–H groups in total. The number of benzene rings is 2. The number of anilines is 2. The minimum atomic E-state index is -0.860. The molecule has 2 aliphatic rings. The van der Waals surface area contributed by atoms with Crippen LogP contribution in [0.3, 0.4) is 0 Å². The first-order valence-corrected chi connectivity index (χ1v) is 13.1. The maximum absolute atomic E-state index is 13.8. The summed E-state index contributed by atoms with van der Waals surface area (Å²) in [6, 6.07) is 15.1. The van der Waals surface area contributed by atoms with Crippen LogP contribution in [0.1, 0.15) is 62.5 Å². The molecule has 2 atom stereocenters. The van der Waals surface area contributed by atoms with Crippen LogP contribution in [0.5, 0.6) is 0 Å². The highest BCUT2D eigenvalue weighted by Crippen LogP contribution is 2.30. The second kappa shape index (κ2) is 11.7. The van der Waals surface area contributed by atoms with Crippen molar-refractivity contribution in [1.82, 2.24) is 5.32 Å². The Morgan fingerprint density at radius 3 is 2.46 bits per heavy atom. The zero-order valence-corrected chi connectivity index (χ0v) is 21.1. The van der Waals surface area contributed by atoms with Crippen LogP contribution >= 0.6 is 0 Å². The zero-order valence-electron chi connectivity index (χ0n) is 21.1. The van der Waals surface area contributed by atoms with Gasteiger partial charge in [-0.15, -0.1) is 0 Å². The quantitative estimate of drug-likeness (QED) is 0.532. The summed E-state index contributed by atoms with van der Waals surface area (Å²) in [5.41, 5.74) is 4.21. The molecule has 2 aromatic carbocycles. The van der Waals surface area contributed by atoms with Crippen LogP contribution in [0.4, 0.5) is 11.4 Å². The fourth-order valence-electron chi connectivity index (χ4n) is 5.51. The number of aliphatic carboxylic acids is 1. The molecular formula is C29H39N3O3. The van der Waals surface area contributed by atoms with Gasteiger partial charge < -0.3 is 14.9 Å². The number of amides is 1. The lowest BCUT2D eigenvalue weighted by atomic mass is 9.85. The van der Waals surface area contributed by atoms with Crippen LogP contribution < -0.4 is 15.1 Å². The SMILES string of the molecule is CN(C)c1ccc(CN2C(=O)C(N[C@H](CCC3CCCCC3)C(=O)O)CCc3ccccc32)cc1. The Bertz CT molecular complexity index is 998. The molecule has 1 saturated carbocycles. The second-order valence-electron chi connectivity index (χ2n) is 10.3. The standard InChI is InChI=1S/C29H39N3O3/c1-31(2)24-16-12-22(13-17-24)20-32-27-11-7-6-10-23(27)15-19-25(28(32)33)30-26(29(34)35)18-14-21-8-4-3-5-9-21/h6-7,10-13,16-17,21,25-26,30H,3-5,8-9,14-15,18-20H2,1-2H3,(H,34,35)/t25?,26-/m1/s1. The van der Waals surface area contributed by atoms with E-state index in [4.69, 9.17) is 0 Å². The maximum Gasteiger partial charge on any atom is 0.320 e. The van der Waals surface area contributed by atoms with Crippen LogP contribution in [0.2, 0.25) is 0 Å². The number of nitrogens with one attached hydrogen (secondary N) is 1. The van der Waals surface area contributed by atoms with E-state index in [9.17, 15) is 14.7 Å². The van der Waals surface area contributed by atoms with Crippen molar-refractivity contribution < 1.29 is 14.7 Å². The van der Waals surface area contributed by atoms with Crippen LogP contribution in [-0.2, 0) is 22.6 Å². The van der Waals surface area contributed by atoms with Crippen LogP contribution in [0.25, 0.3) is 0 Å². The van der Waals surface area contributed by atoms with Crippen molar-refractivity contribution in [3.05, 3.63) is 59.7 Å². The summed E-state index contributed by atoms with van der Waals surface area (Å²) in [5, 5.41) is 13.2. The molecule has 0 aromatic heterocycles. The van der Waals surface area contributed by atoms with Gasteiger partial charge in [0.05, 0.1) is 12.6 Å². The third-order valence-electron chi connectivity index (χ3n) is 7.63. The van der Waals surface area contributed by atoms with Gasteiger partial charge in [0.25, 0.3) is 0 Å². The van der Waals surface area contributed by atoms with Crippen molar-refractivity contribution in [2.75, 3.05) is 23.9 Å². The van der Waals surface area contributed by atoms with E-state index in [1.165, 1.54) is 32.1 Å². The average Bonchev–Trinajstić information content (AvgIpc) is 2.99. The number of aryl methyl sites for hydroxylation is 1. The van der Waals surface area contributed by atoms with Crippen molar-refractivity contribution >= 4 is 23.3 Å². The van der Waals surface area contributed by atoms with Crippen LogP contribution in [0.15, 0.2) is 48.5 Å². The Morgan fingerprint density at radius 2 is 1.77 bits per heavy atom.